The third-order valence-corrected chi connectivity index (χ3v) is 6.82. The quantitative estimate of drug-likeness (QED) is 0.531. The zero-order chi connectivity index (χ0) is 15.6. The lowest BCUT2D eigenvalue weighted by Gasteiger charge is -2.12. The van der Waals surface area contributed by atoms with Gasteiger partial charge in [0.15, 0.2) is 4.58 Å². The molecule has 122 valence electrons. The maximum atomic E-state index is 11.2. The molecule has 6 nitrogen and oxygen atoms in total. The monoisotopic (exact) mass is 328 g/mol. The molecule has 0 aromatic rings. The van der Waals surface area contributed by atoms with Gasteiger partial charge in [0.05, 0.1) is 0 Å². The van der Waals surface area contributed by atoms with Crippen molar-refractivity contribution in [3.05, 3.63) is 0 Å². The number of rotatable bonds is 12. The van der Waals surface area contributed by atoms with Crippen molar-refractivity contribution in [2.75, 3.05) is 0 Å². The average Bonchev–Trinajstić information content (AvgIpc) is 2.28. The first kappa shape index (κ1) is 19.8. The van der Waals surface area contributed by atoms with Gasteiger partial charge < -0.3 is 0 Å². The second kappa shape index (κ2) is 9.70. The minimum atomic E-state index is -4.14. The van der Waals surface area contributed by atoms with Crippen LogP contribution in [0.3, 0.4) is 0 Å². The van der Waals surface area contributed by atoms with E-state index in [1.54, 1.807) is 0 Å². The standard InChI is InChI=1S/C12H28N2O4S2/c1-2-3-4-5-6-7-8-9-10-11-12(19(13,15)16)20(14,17)18/h12H,2-11H2,1H3,(H2,13,15,16)(H2,14,17,18). The van der Waals surface area contributed by atoms with Crippen LogP contribution >= 0.6 is 0 Å². The first-order chi connectivity index (χ1) is 9.19. The predicted molar refractivity (Wildman–Crippen MR) is 81.8 cm³/mol. The molecule has 0 fully saturated rings. The van der Waals surface area contributed by atoms with E-state index in [0.717, 1.165) is 19.3 Å². The largest absolute Gasteiger partial charge is 0.228 e. The lowest BCUT2D eigenvalue weighted by atomic mass is 10.1. The molecular weight excluding hydrogens is 300 g/mol. The average molecular weight is 329 g/mol. The third kappa shape index (κ3) is 9.68. The Labute approximate surface area is 123 Å². The van der Waals surface area contributed by atoms with Gasteiger partial charge in [0.2, 0.25) is 20.0 Å². The Bertz CT molecular complexity index is 414. The fraction of sp³-hybridized carbons (Fsp3) is 1.00. The summed E-state index contributed by atoms with van der Waals surface area (Å²) in [5.74, 6) is 0. The van der Waals surface area contributed by atoms with E-state index in [9.17, 15) is 16.8 Å². The summed E-state index contributed by atoms with van der Waals surface area (Å²) < 4.78 is 43.0. The number of hydrogen-bond acceptors (Lipinski definition) is 4. The summed E-state index contributed by atoms with van der Waals surface area (Å²) >= 11 is 0. The fourth-order valence-corrected chi connectivity index (χ4v) is 4.62. The highest BCUT2D eigenvalue weighted by molar-refractivity contribution is 8.07. The van der Waals surface area contributed by atoms with E-state index in [1.807, 2.05) is 0 Å². The summed E-state index contributed by atoms with van der Waals surface area (Å²) in [5, 5.41) is 9.78. The molecule has 0 heterocycles. The van der Waals surface area contributed by atoms with E-state index < -0.39 is 24.6 Å². The van der Waals surface area contributed by atoms with Crippen LogP contribution in [0.1, 0.15) is 71.1 Å². The van der Waals surface area contributed by atoms with Gasteiger partial charge in [0.25, 0.3) is 0 Å². The van der Waals surface area contributed by atoms with Crippen LogP contribution < -0.4 is 10.3 Å². The minimum Gasteiger partial charge on any atom is -0.228 e. The molecule has 0 aliphatic rings. The van der Waals surface area contributed by atoms with E-state index >= 15 is 0 Å². The van der Waals surface area contributed by atoms with Crippen molar-refractivity contribution < 1.29 is 16.8 Å². The first-order valence-corrected chi connectivity index (χ1v) is 10.4. The van der Waals surface area contributed by atoms with Gasteiger partial charge in [0, 0.05) is 0 Å². The molecule has 0 aromatic carbocycles. The smallest absolute Gasteiger partial charge is 0.227 e. The molecule has 0 amide bonds. The Morgan fingerprint density at radius 1 is 0.700 bits per heavy atom. The molecule has 0 saturated heterocycles. The van der Waals surface area contributed by atoms with Crippen LogP contribution in [0, 0.1) is 0 Å². The molecule has 0 saturated carbocycles. The van der Waals surface area contributed by atoms with Crippen molar-refractivity contribution in [2.45, 2.75) is 75.7 Å². The lowest BCUT2D eigenvalue weighted by molar-refractivity contribution is 0.544. The summed E-state index contributed by atoms with van der Waals surface area (Å²) in [7, 11) is -8.29. The Morgan fingerprint density at radius 2 is 1.05 bits per heavy atom. The maximum Gasteiger partial charge on any atom is 0.227 e. The van der Waals surface area contributed by atoms with Crippen molar-refractivity contribution in [1.29, 1.82) is 0 Å². The van der Waals surface area contributed by atoms with Crippen molar-refractivity contribution in [1.82, 2.24) is 0 Å². The highest BCUT2D eigenvalue weighted by Crippen LogP contribution is 2.15. The number of nitrogens with two attached hydrogens (primary N) is 2. The highest BCUT2D eigenvalue weighted by atomic mass is 32.3. The van der Waals surface area contributed by atoms with Crippen LogP contribution in [0.5, 0.6) is 0 Å². The van der Waals surface area contributed by atoms with Crippen molar-refractivity contribution >= 4 is 20.0 Å². The van der Waals surface area contributed by atoms with E-state index in [1.165, 1.54) is 32.1 Å². The number of unbranched alkanes of at least 4 members (excludes halogenated alkanes) is 8. The maximum absolute atomic E-state index is 11.2. The van der Waals surface area contributed by atoms with Gasteiger partial charge in [-0.1, -0.05) is 64.7 Å². The van der Waals surface area contributed by atoms with E-state index in [2.05, 4.69) is 6.92 Å². The van der Waals surface area contributed by atoms with Crippen molar-refractivity contribution in [2.24, 2.45) is 10.3 Å². The fourth-order valence-electron chi connectivity index (χ4n) is 2.14. The molecule has 0 aliphatic carbocycles. The number of sulfonamides is 2. The van der Waals surface area contributed by atoms with Crippen LogP contribution in [-0.2, 0) is 20.0 Å². The van der Waals surface area contributed by atoms with Crippen LogP contribution in [-0.4, -0.2) is 21.4 Å². The van der Waals surface area contributed by atoms with Crippen molar-refractivity contribution in [3.63, 3.8) is 0 Å². The van der Waals surface area contributed by atoms with Gasteiger partial charge in [0.1, 0.15) is 0 Å². The predicted octanol–water partition coefficient (Wildman–Crippen LogP) is 1.81. The van der Waals surface area contributed by atoms with Gasteiger partial charge in [-0.25, -0.2) is 27.1 Å². The molecule has 8 heteroatoms. The summed E-state index contributed by atoms with van der Waals surface area (Å²) in [5.41, 5.74) is 0. The lowest BCUT2D eigenvalue weighted by Crippen LogP contribution is -2.39. The van der Waals surface area contributed by atoms with Gasteiger partial charge >= 0.3 is 0 Å². The second-order valence-electron chi connectivity index (χ2n) is 5.22. The molecule has 0 aliphatic heterocycles. The summed E-state index contributed by atoms with van der Waals surface area (Å²) in [6, 6.07) is 0. The molecule has 0 atom stereocenters. The molecule has 0 radical (unpaired) electrons. The highest BCUT2D eigenvalue weighted by Gasteiger charge is 2.31. The summed E-state index contributed by atoms with van der Waals surface area (Å²) in [6.07, 6.45) is 9.52. The van der Waals surface area contributed by atoms with Crippen molar-refractivity contribution in [3.8, 4) is 0 Å². The Morgan fingerprint density at radius 3 is 1.40 bits per heavy atom. The van der Waals surface area contributed by atoms with Crippen LogP contribution in [0.2, 0.25) is 0 Å². The van der Waals surface area contributed by atoms with E-state index in [-0.39, 0.29) is 6.42 Å². The topological polar surface area (TPSA) is 120 Å². The molecule has 4 N–H and O–H groups in total. The zero-order valence-corrected chi connectivity index (χ0v) is 13.9. The summed E-state index contributed by atoms with van der Waals surface area (Å²) in [6.45, 7) is 2.17. The Kier molecular flexibility index (Phi) is 9.61. The normalized spacial score (nSPS) is 13.0. The zero-order valence-electron chi connectivity index (χ0n) is 12.3. The van der Waals surface area contributed by atoms with Gasteiger partial charge in [-0.05, 0) is 6.42 Å². The molecule has 0 bridgehead atoms. The molecule has 0 rings (SSSR count). The van der Waals surface area contributed by atoms with E-state index in [4.69, 9.17) is 10.3 Å². The van der Waals surface area contributed by atoms with Crippen LogP contribution in [0.15, 0.2) is 0 Å². The Hall–Kier alpha value is -0.180. The molecule has 0 spiro atoms. The minimum absolute atomic E-state index is 0.0203. The van der Waals surface area contributed by atoms with E-state index in [0.29, 0.717) is 6.42 Å². The number of hydrogen-bond donors (Lipinski definition) is 2. The molecule has 0 aromatic heterocycles. The number of primary sulfonamides is 2. The molecule has 20 heavy (non-hydrogen) atoms. The van der Waals surface area contributed by atoms with Gasteiger partial charge in [-0.2, -0.15) is 0 Å². The van der Waals surface area contributed by atoms with Gasteiger partial charge in [-0.15, -0.1) is 0 Å². The SMILES string of the molecule is CCCCCCCCCCCC(S(N)(=O)=O)S(N)(=O)=O. The third-order valence-electron chi connectivity index (χ3n) is 3.28. The summed E-state index contributed by atoms with van der Waals surface area (Å²) in [4.78, 5) is 0. The van der Waals surface area contributed by atoms with Crippen LogP contribution in [0.25, 0.3) is 0 Å². The van der Waals surface area contributed by atoms with Crippen LogP contribution in [0.4, 0.5) is 0 Å². The van der Waals surface area contributed by atoms with Gasteiger partial charge in [-0.3, -0.25) is 0 Å². The second-order valence-corrected chi connectivity index (χ2v) is 9.02. The Balaban J connectivity index is 3.82. The molecule has 0 unspecified atom stereocenters. The molecular formula is C12H28N2O4S2. The first-order valence-electron chi connectivity index (χ1n) is 7.22.